The molecule has 5 rings (SSSR count). The lowest BCUT2D eigenvalue weighted by atomic mass is 10.2. The van der Waals surface area contributed by atoms with Crippen LogP contribution in [0.15, 0.2) is 45.2 Å². The van der Waals surface area contributed by atoms with Crippen molar-refractivity contribution >= 4 is 67.8 Å². The molecule has 0 atom stereocenters. The summed E-state index contributed by atoms with van der Waals surface area (Å²) in [5.74, 6) is -0.141. The molecule has 0 unspecified atom stereocenters. The van der Waals surface area contributed by atoms with Gasteiger partial charge in [-0.1, -0.05) is 26.7 Å². The topological polar surface area (TPSA) is 252 Å². The van der Waals surface area contributed by atoms with Crippen LogP contribution in [0.3, 0.4) is 0 Å². The first-order valence-electron chi connectivity index (χ1n) is 14.8. The fourth-order valence-electron chi connectivity index (χ4n) is 4.43. The molecule has 5 aromatic heterocycles. The summed E-state index contributed by atoms with van der Waals surface area (Å²) < 4.78 is 15.7. The number of aliphatic hydroxyl groups excluding tert-OH is 1. The third-order valence-corrected chi connectivity index (χ3v) is 8.34. The lowest BCUT2D eigenvalue weighted by Gasteiger charge is -2.06. The van der Waals surface area contributed by atoms with Crippen LogP contribution >= 0.6 is 23.1 Å². The highest BCUT2D eigenvalue weighted by Gasteiger charge is 2.22. The molecule has 5 N–H and O–H groups in total. The van der Waals surface area contributed by atoms with E-state index in [1.165, 1.54) is 35.2 Å². The summed E-state index contributed by atoms with van der Waals surface area (Å²) in [5.41, 5.74) is 15.3. The molecule has 0 fully saturated rings. The van der Waals surface area contributed by atoms with Crippen molar-refractivity contribution in [3.8, 4) is 11.6 Å². The SMILES string of the molecule is CCCCc1nn(-c2cc(-n3nc(CCCC)c(N=Nc4sncc4C(=O)OC)c3N)ncn2)c(N)c1N=Nc1sncc1C(=O)CO. The van der Waals surface area contributed by atoms with Gasteiger partial charge in [0.25, 0.3) is 0 Å². The molecular formula is C28H32N14O4S2. The van der Waals surface area contributed by atoms with Gasteiger partial charge in [0.05, 0.1) is 36.5 Å². The van der Waals surface area contributed by atoms with E-state index in [1.54, 1.807) is 6.07 Å². The van der Waals surface area contributed by atoms with Gasteiger partial charge in [-0.05, 0) is 48.7 Å². The largest absolute Gasteiger partial charge is 0.465 e. The number of carbonyl (C=O) groups is 2. The zero-order chi connectivity index (χ0) is 34.2. The van der Waals surface area contributed by atoms with Crippen LogP contribution in [0.1, 0.15) is 71.6 Å². The summed E-state index contributed by atoms with van der Waals surface area (Å²) in [7, 11) is 1.27. The van der Waals surface area contributed by atoms with Crippen molar-refractivity contribution in [2.45, 2.75) is 52.4 Å². The first-order valence-corrected chi connectivity index (χ1v) is 16.4. The predicted octanol–water partition coefficient (Wildman–Crippen LogP) is 5.40. The molecule has 48 heavy (non-hydrogen) atoms. The Hall–Kier alpha value is -5.34. The molecule has 0 aliphatic rings. The zero-order valence-corrected chi connectivity index (χ0v) is 27.9. The minimum atomic E-state index is -0.674. The minimum Gasteiger partial charge on any atom is -0.465 e. The number of esters is 1. The van der Waals surface area contributed by atoms with Crippen LogP contribution in [-0.2, 0) is 17.6 Å². The molecule has 0 spiro atoms. The van der Waals surface area contributed by atoms with Crippen molar-refractivity contribution in [3.63, 3.8) is 0 Å². The van der Waals surface area contributed by atoms with Crippen molar-refractivity contribution in [2.24, 2.45) is 20.5 Å². The van der Waals surface area contributed by atoms with E-state index < -0.39 is 18.4 Å². The highest BCUT2D eigenvalue weighted by atomic mass is 32.1. The summed E-state index contributed by atoms with van der Waals surface area (Å²) in [6, 6.07) is 1.61. The maximum atomic E-state index is 12.1. The number of carbonyl (C=O) groups excluding carboxylic acids is 2. The Kier molecular flexibility index (Phi) is 11.0. The molecule has 0 saturated carbocycles. The normalized spacial score (nSPS) is 11.7. The zero-order valence-electron chi connectivity index (χ0n) is 26.3. The van der Waals surface area contributed by atoms with Gasteiger partial charge in [-0.2, -0.15) is 28.3 Å². The number of rotatable bonds is 15. The van der Waals surface area contributed by atoms with Crippen molar-refractivity contribution in [1.82, 2.24) is 38.3 Å². The third kappa shape index (κ3) is 7.14. The number of nitrogens with zero attached hydrogens (tertiary/aromatic N) is 12. The molecule has 0 aliphatic carbocycles. The number of aryl methyl sites for hydroxylation is 2. The lowest BCUT2D eigenvalue weighted by molar-refractivity contribution is 0.0601. The quantitative estimate of drug-likeness (QED) is 0.0708. The average Bonchev–Trinajstić information content (AvgIpc) is 3.90. The number of aromatic nitrogens is 8. The van der Waals surface area contributed by atoms with Crippen LogP contribution in [0.5, 0.6) is 0 Å². The molecule has 0 bridgehead atoms. The Labute approximate surface area is 281 Å². The number of azo groups is 2. The number of aliphatic hydroxyl groups is 1. The molecule has 18 nitrogen and oxygen atoms in total. The fraction of sp³-hybridized carbons (Fsp3) is 0.357. The van der Waals surface area contributed by atoms with Gasteiger partial charge in [-0.25, -0.2) is 14.8 Å². The summed E-state index contributed by atoms with van der Waals surface area (Å²) in [6.07, 6.45) is 8.60. The standard InChI is InChI=1S/C28H32N14O4S2/c1-4-6-8-17-22(35-37-26-15(11-33-47-26)19(44)13-43)24(29)41(39-17)20-10-21(32-14-31-20)42-25(30)23(18(40-42)9-7-5-2)36-38-27-16(12-34-48-27)28(45)46-3/h10-12,14,43H,4-9,13,29-30H2,1-3H3. The van der Waals surface area contributed by atoms with Crippen LogP contribution in [0.4, 0.5) is 33.0 Å². The summed E-state index contributed by atoms with van der Waals surface area (Å²) in [6.45, 7) is 3.43. The number of nitrogen functional groups attached to an aromatic ring is 2. The molecule has 0 aliphatic heterocycles. The van der Waals surface area contributed by atoms with Crippen molar-refractivity contribution < 1.29 is 19.4 Å². The predicted molar refractivity (Wildman–Crippen MR) is 178 cm³/mol. The van der Waals surface area contributed by atoms with Crippen molar-refractivity contribution in [3.05, 3.63) is 47.3 Å². The monoisotopic (exact) mass is 692 g/mol. The van der Waals surface area contributed by atoms with Gasteiger partial charge in [0.15, 0.2) is 50.4 Å². The Morgan fingerprint density at radius 2 is 1.33 bits per heavy atom. The number of methoxy groups -OCH3 is 1. The van der Waals surface area contributed by atoms with E-state index >= 15 is 0 Å². The van der Waals surface area contributed by atoms with Crippen LogP contribution in [0.25, 0.3) is 11.6 Å². The van der Waals surface area contributed by atoms with E-state index in [2.05, 4.69) is 53.0 Å². The third-order valence-electron chi connectivity index (χ3n) is 6.97. The Morgan fingerprint density at radius 3 is 1.81 bits per heavy atom. The van der Waals surface area contributed by atoms with Crippen molar-refractivity contribution in [1.29, 1.82) is 0 Å². The maximum absolute atomic E-state index is 12.1. The lowest BCUT2D eigenvalue weighted by Crippen LogP contribution is -2.09. The van der Waals surface area contributed by atoms with Gasteiger partial charge in [0, 0.05) is 6.07 Å². The number of hydrogen-bond donors (Lipinski definition) is 3. The molecule has 0 amide bonds. The molecule has 5 aromatic rings. The van der Waals surface area contributed by atoms with Crippen LogP contribution in [-0.4, -0.2) is 68.9 Å². The van der Waals surface area contributed by atoms with Crippen molar-refractivity contribution in [2.75, 3.05) is 25.2 Å². The van der Waals surface area contributed by atoms with Crippen LogP contribution in [0, 0.1) is 0 Å². The highest BCUT2D eigenvalue weighted by Crippen LogP contribution is 2.36. The number of hydrogen-bond acceptors (Lipinski definition) is 18. The van der Waals surface area contributed by atoms with Gasteiger partial charge < -0.3 is 21.3 Å². The average molecular weight is 693 g/mol. The van der Waals surface area contributed by atoms with E-state index in [9.17, 15) is 14.7 Å². The minimum absolute atomic E-state index is 0.159. The van der Waals surface area contributed by atoms with Gasteiger partial charge in [-0.3, -0.25) is 4.79 Å². The Morgan fingerprint density at radius 1 is 0.833 bits per heavy atom. The van der Waals surface area contributed by atoms with Gasteiger partial charge in [0.1, 0.15) is 18.5 Å². The smallest absolute Gasteiger partial charge is 0.342 e. The number of ether oxygens (including phenoxy) is 1. The second-order valence-corrected chi connectivity index (χ2v) is 11.7. The number of Topliss-reactive ketones (excluding diaryl/α,β-unsaturated/α-hetero) is 1. The Balaban J connectivity index is 1.53. The van der Waals surface area contributed by atoms with Gasteiger partial charge >= 0.3 is 5.97 Å². The molecule has 0 aromatic carbocycles. The number of anilines is 2. The summed E-state index contributed by atoms with van der Waals surface area (Å²) in [5, 5.41) is 36.3. The van der Waals surface area contributed by atoms with E-state index in [0.717, 1.165) is 48.7 Å². The maximum Gasteiger partial charge on any atom is 0.342 e. The van der Waals surface area contributed by atoms with E-state index in [4.69, 9.17) is 26.4 Å². The molecular weight excluding hydrogens is 661 g/mol. The van der Waals surface area contributed by atoms with E-state index in [0.29, 0.717) is 47.2 Å². The van der Waals surface area contributed by atoms with E-state index in [1.807, 2.05) is 0 Å². The van der Waals surface area contributed by atoms with Crippen LogP contribution < -0.4 is 11.5 Å². The Bertz CT molecular complexity index is 1840. The number of ketones is 1. The number of unbranched alkanes of at least 4 members (excludes halogenated alkanes) is 2. The highest BCUT2D eigenvalue weighted by molar-refractivity contribution is 7.10. The molecule has 0 saturated heterocycles. The molecule has 0 radical (unpaired) electrons. The second-order valence-electron chi connectivity index (χ2n) is 10.2. The molecule has 20 heteroatoms. The molecule has 5 heterocycles. The molecule has 250 valence electrons. The summed E-state index contributed by atoms with van der Waals surface area (Å²) in [4.78, 5) is 32.9. The van der Waals surface area contributed by atoms with Gasteiger partial charge in [0.2, 0.25) is 0 Å². The first-order chi connectivity index (χ1) is 23.3. The van der Waals surface area contributed by atoms with E-state index in [-0.39, 0.29) is 32.8 Å². The first kappa shape index (κ1) is 34.0. The second kappa shape index (κ2) is 15.5. The number of nitrogens with two attached hydrogens (primary N) is 2. The summed E-state index contributed by atoms with van der Waals surface area (Å²) >= 11 is 1.97. The van der Waals surface area contributed by atoms with Gasteiger partial charge in [-0.15, -0.1) is 20.5 Å². The van der Waals surface area contributed by atoms with Crippen LogP contribution in [0.2, 0.25) is 0 Å². The fourth-order valence-corrected chi connectivity index (χ4v) is 5.60.